The van der Waals surface area contributed by atoms with Gasteiger partial charge >= 0.3 is 16.5 Å². The van der Waals surface area contributed by atoms with Crippen molar-refractivity contribution in [3.8, 4) is 17.2 Å². The van der Waals surface area contributed by atoms with Crippen LogP contribution < -0.4 is 4.52 Å². The van der Waals surface area contributed by atoms with E-state index >= 15 is 0 Å². The molecule has 1 aromatic rings. The summed E-state index contributed by atoms with van der Waals surface area (Å²) in [5.41, 5.74) is 0. The topological polar surface area (TPSA) is 123 Å². The first-order valence-electron chi connectivity index (χ1n) is 6.60. The second kappa shape index (κ2) is 12.9. The molecule has 0 amide bonds. The summed E-state index contributed by atoms with van der Waals surface area (Å²) in [6, 6.07) is 3.43. The van der Waals surface area contributed by atoms with Gasteiger partial charge in [-0.25, -0.2) is 4.52 Å². The highest BCUT2D eigenvalue weighted by atomic mass is 31.1. The third kappa shape index (κ3) is 11.6. The van der Waals surface area contributed by atoms with Crippen LogP contribution in [0.25, 0.3) is 0 Å². The van der Waals surface area contributed by atoms with E-state index in [4.69, 9.17) is 19.6 Å². The molecule has 0 spiro atoms. The van der Waals surface area contributed by atoms with Crippen LogP contribution in [0.4, 0.5) is 0 Å². The Balaban J connectivity index is 0.000000423. The number of benzene rings is 1. The van der Waals surface area contributed by atoms with Crippen molar-refractivity contribution >= 4 is 16.5 Å². The lowest BCUT2D eigenvalue weighted by molar-refractivity contribution is 0.232. The van der Waals surface area contributed by atoms with Crippen LogP contribution >= 0.6 is 16.5 Å². The van der Waals surface area contributed by atoms with E-state index in [0.717, 1.165) is 18.9 Å². The standard InChI is InChI=1S/C7H14O3P.C6H5O5P/c1-3-5-6-7-10-11(8)9-4-2;7-4-1-2-6(5(8)3-4)11-12(9)10/h3H,1,4-7H2,2H3;1-3H,(H2-,7,8,9,10)/q+1;/p+1. The van der Waals surface area contributed by atoms with E-state index in [1.165, 1.54) is 12.1 Å². The highest BCUT2D eigenvalue weighted by Crippen LogP contribution is 2.34. The van der Waals surface area contributed by atoms with E-state index in [-0.39, 0.29) is 17.2 Å². The molecule has 2 atom stereocenters. The maximum Gasteiger partial charge on any atom is 0.747 e. The Bertz CT molecular complexity index is 521. The highest BCUT2D eigenvalue weighted by molar-refractivity contribution is 7.33. The summed E-state index contributed by atoms with van der Waals surface area (Å²) < 4.78 is 34.7. The SMILES string of the molecule is C=CCCCO[P+](=O)OCC.O=[P+](O)Oc1ccc(O)cc1O. The van der Waals surface area contributed by atoms with Gasteiger partial charge in [-0.3, -0.25) is 0 Å². The first-order valence-corrected chi connectivity index (χ1v) is 8.83. The summed E-state index contributed by atoms with van der Waals surface area (Å²) in [6.45, 7) is 6.23. The van der Waals surface area contributed by atoms with Crippen molar-refractivity contribution in [1.29, 1.82) is 0 Å². The second-order valence-corrected chi connectivity index (χ2v) is 5.51. The molecule has 0 fully saturated rings. The van der Waals surface area contributed by atoms with E-state index in [9.17, 15) is 9.13 Å². The molecular weight excluding hydrogens is 346 g/mol. The molecule has 0 aliphatic carbocycles. The van der Waals surface area contributed by atoms with Gasteiger partial charge in [0, 0.05) is 15.2 Å². The Morgan fingerprint density at radius 3 is 2.48 bits per heavy atom. The van der Waals surface area contributed by atoms with Gasteiger partial charge in [0.25, 0.3) is 0 Å². The molecule has 0 aliphatic rings. The number of allylic oxidation sites excluding steroid dienone is 1. The van der Waals surface area contributed by atoms with Crippen LogP contribution in [-0.2, 0) is 18.2 Å². The zero-order valence-corrected chi connectivity index (χ0v) is 14.4. The molecule has 0 aliphatic heterocycles. The zero-order chi connectivity index (χ0) is 17.7. The Morgan fingerprint density at radius 2 is 1.96 bits per heavy atom. The summed E-state index contributed by atoms with van der Waals surface area (Å²) in [5, 5.41) is 17.8. The third-order valence-corrected chi connectivity index (χ3v) is 3.32. The Labute approximate surface area is 136 Å². The maximum atomic E-state index is 10.7. The van der Waals surface area contributed by atoms with Gasteiger partial charge in [0.05, 0.1) is 0 Å². The largest absolute Gasteiger partial charge is 0.747 e. The molecule has 2 unspecified atom stereocenters. The fourth-order valence-electron chi connectivity index (χ4n) is 1.18. The number of unbranched alkanes of at least 4 members (excludes halogenated alkanes) is 1. The minimum atomic E-state index is -2.79. The van der Waals surface area contributed by atoms with Gasteiger partial charge in [0.1, 0.15) is 19.0 Å². The molecule has 0 aromatic heterocycles. The quantitative estimate of drug-likeness (QED) is 0.343. The number of phenols is 2. The molecule has 0 radical (unpaired) electrons. The second-order valence-electron chi connectivity index (χ2n) is 3.89. The predicted molar refractivity (Wildman–Crippen MR) is 84.8 cm³/mol. The van der Waals surface area contributed by atoms with E-state index in [1.54, 1.807) is 13.0 Å². The Hall–Kier alpha value is -1.56. The summed E-state index contributed by atoms with van der Waals surface area (Å²) in [6.07, 6.45) is 3.53. The monoisotopic (exact) mass is 366 g/mol. The first-order chi connectivity index (χ1) is 10.9. The molecule has 0 saturated carbocycles. The van der Waals surface area contributed by atoms with Gasteiger partial charge < -0.3 is 10.2 Å². The normalized spacial score (nSPS) is 11.0. The van der Waals surface area contributed by atoms with Gasteiger partial charge in [-0.15, -0.1) is 20.5 Å². The molecule has 1 aromatic carbocycles. The van der Waals surface area contributed by atoms with Crippen molar-refractivity contribution in [1.82, 2.24) is 0 Å². The lowest BCUT2D eigenvalue weighted by Crippen LogP contribution is -1.87. The minimum Gasteiger partial charge on any atom is -0.508 e. The first kappa shape index (κ1) is 21.4. The smallest absolute Gasteiger partial charge is 0.508 e. The highest BCUT2D eigenvalue weighted by Gasteiger charge is 2.18. The number of aromatic hydroxyl groups is 2. The molecule has 3 N–H and O–H groups in total. The number of hydrogen-bond acceptors (Lipinski definition) is 7. The molecule has 1 rings (SSSR count). The predicted octanol–water partition coefficient (Wildman–Crippen LogP) is 3.79. The van der Waals surface area contributed by atoms with Gasteiger partial charge in [-0.05, 0) is 31.9 Å². The molecule has 23 heavy (non-hydrogen) atoms. The van der Waals surface area contributed by atoms with Crippen LogP contribution in [0.5, 0.6) is 17.2 Å². The fraction of sp³-hybridized carbons (Fsp3) is 0.385. The van der Waals surface area contributed by atoms with Crippen molar-refractivity contribution in [2.75, 3.05) is 13.2 Å². The molecule has 0 heterocycles. The lowest BCUT2D eigenvalue weighted by Gasteiger charge is -1.96. The molecule has 0 bridgehead atoms. The maximum absolute atomic E-state index is 10.7. The third-order valence-electron chi connectivity index (χ3n) is 2.10. The van der Waals surface area contributed by atoms with Gasteiger partial charge in [-0.1, -0.05) is 6.08 Å². The zero-order valence-electron chi connectivity index (χ0n) is 12.6. The summed E-state index contributed by atoms with van der Waals surface area (Å²) in [7, 11) is -4.68. The molecule has 10 heteroatoms. The number of hydrogen-bond donors (Lipinski definition) is 3. The fourth-order valence-corrected chi connectivity index (χ4v) is 2.06. The average Bonchev–Trinajstić information content (AvgIpc) is 2.47. The molecular formula is C13H20O8P2+2. The average molecular weight is 366 g/mol. The van der Waals surface area contributed by atoms with Crippen LogP contribution in [0.3, 0.4) is 0 Å². The summed E-state index contributed by atoms with van der Waals surface area (Å²) in [5.74, 6) is -0.670. The van der Waals surface area contributed by atoms with E-state index in [2.05, 4.69) is 15.6 Å². The van der Waals surface area contributed by atoms with E-state index < -0.39 is 16.5 Å². The summed E-state index contributed by atoms with van der Waals surface area (Å²) in [4.78, 5) is 8.31. The number of rotatable bonds is 9. The van der Waals surface area contributed by atoms with Crippen molar-refractivity contribution in [3.63, 3.8) is 0 Å². The minimum absolute atomic E-state index is 0.142. The van der Waals surface area contributed by atoms with Crippen LogP contribution in [-0.4, -0.2) is 28.3 Å². The van der Waals surface area contributed by atoms with Crippen LogP contribution in [0.2, 0.25) is 0 Å². The van der Waals surface area contributed by atoms with Gasteiger partial charge in [-0.2, -0.15) is 0 Å². The number of phenolic OH excluding ortho intramolecular Hbond substituents is 2. The van der Waals surface area contributed by atoms with Crippen LogP contribution in [0, 0.1) is 0 Å². The van der Waals surface area contributed by atoms with Gasteiger partial charge in [0.2, 0.25) is 5.75 Å². The van der Waals surface area contributed by atoms with E-state index in [0.29, 0.717) is 13.2 Å². The van der Waals surface area contributed by atoms with Crippen LogP contribution in [0.15, 0.2) is 30.9 Å². The van der Waals surface area contributed by atoms with Crippen molar-refractivity contribution < 1.29 is 37.8 Å². The Kier molecular flexibility index (Phi) is 12.1. The lowest BCUT2D eigenvalue weighted by atomic mass is 10.3. The van der Waals surface area contributed by atoms with Crippen molar-refractivity contribution in [3.05, 3.63) is 30.9 Å². The molecule has 8 nitrogen and oxygen atoms in total. The molecule has 0 saturated heterocycles. The van der Waals surface area contributed by atoms with Crippen LogP contribution in [0.1, 0.15) is 19.8 Å². The summed E-state index contributed by atoms with van der Waals surface area (Å²) >= 11 is 0. The van der Waals surface area contributed by atoms with Crippen molar-refractivity contribution in [2.45, 2.75) is 19.8 Å². The van der Waals surface area contributed by atoms with E-state index in [1.807, 2.05) is 0 Å². The Morgan fingerprint density at radius 1 is 1.26 bits per heavy atom. The molecule has 128 valence electrons. The van der Waals surface area contributed by atoms with Gasteiger partial charge in [0.15, 0.2) is 5.75 Å². The van der Waals surface area contributed by atoms with Crippen molar-refractivity contribution in [2.24, 2.45) is 0 Å².